The van der Waals surface area contributed by atoms with E-state index in [2.05, 4.69) is 0 Å². The molecule has 0 aliphatic carbocycles. The lowest BCUT2D eigenvalue weighted by atomic mass is 9.83. The third-order valence-electron chi connectivity index (χ3n) is 7.20. The summed E-state index contributed by atoms with van der Waals surface area (Å²) in [5.74, 6) is -0.758. The molecule has 0 amide bonds. The van der Waals surface area contributed by atoms with Crippen molar-refractivity contribution < 1.29 is 59.4 Å². The predicted molar refractivity (Wildman–Crippen MR) is 130 cm³/mol. The monoisotopic (exact) mass is 538 g/mol. The van der Waals surface area contributed by atoms with Gasteiger partial charge in [-0.3, -0.25) is 0 Å². The van der Waals surface area contributed by atoms with Gasteiger partial charge < -0.3 is 59.4 Å². The number of aromatic hydroxyl groups is 2. The Morgan fingerprint density at radius 1 is 0.711 bits per heavy atom. The van der Waals surface area contributed by atoms with Crippen molar-refractivity contribution in [3.8, 4) is 23.0 Å². The minimum atomic E-state index is -1.60. The molecule has 12 nitrogen and oxygen atoms in total. The van der Waals surface area contributed by atoms with Crippen molar-refractivity contribution in [3.05, 3.63) is 47.5 Å². The van der Waals surface area contributed by atoms with Crippen LogP contribution >= 0.6 is 0 Å². The lowest BCUT2D eigenvalue weighted by molar-refractivity contribution is -0.304. The van der Waals surface area contributed by atoms with Gasteiger partial charge in [0.25, 0.3) is 0 Å². The van der Waals surface area contributed by atoms with Gasteiger partial charge in [0.1, 0.15) is 24.4 Å². The first-order valence-electron chi connectivity index (χ1n) is 12.2. The van der Waals surface area contributed by atoms with E-state index in [1.54, 1.807) is 24.3 Å². The number of aliphatic hydroxyl groups is 5. The summed E-state index contributed by atoms with van der Waals surface area (Å²) in [4.78, 5) is 0. The molecule has 0 radical (unpaired) electrons. The van der Waals surface area contributed by atoms with E-state index in [0.29, 0.717) is 11.1 Å². The number of benzene rings is 2. The van der Waals surface area contributed by atoms with Gasteiger partial charge in [0.2, 0.25) is 0 Å². The van der Waals surface area contributed by atoms with Gasteiger partial charge in [-0.15, -0.1) is 0 Å². The maximum absolute atomic E-state index is 10.4. The van der Waals surface area contributed by atoms with E-state index in [-0.39, 0.29) is 36.2 Å². The van der Waals surface area contributed by atoms with E-state index in [1.165, 1.54) is 26.4 Å². The molecule has 12 heteroatoms. The highest BCUT2D eigenvalue weighted by atomic mass is 16.7. The van der Waals surface area contributed by atoms with Crippen molar-refractivity contribution in [3.63, 3.8) is 0 Å². The summed E-state index contributed by atoms with van der Waals surface area (Å²) in [6, 6.07) is 9.44. The maximum atomic E-state index is 10.4. The van der Waals surface area contributed by atoms with E-state index in [4.69, 9.17) is 23.7 Å². The van der Waals surface area contributed by atoms with Crippen molar-refractivity contribution in [1.29, 1.82) is 0 Å². The lowest BCUT2D eigenvalue weighted by Crippen LogP contribution is -2.59. The van der Waals surface area contributed by atoms with Gasteiger partial charge in [-0.25, -0.2) is 0 Å². The maximum Gasteiger partial charge on any atom is 0.186 e. The van der Waals surface area contributed by atoms with Gasteiger partial charge in [-0.05, 0) is 35.4 Å². The Balaban J connectivity index is 1.65. The molecule has 0 aromatic heterocycles. The summed E-state index contributed by atoms with van der Waals surface area (Å²) < 4.78 is 28.2. The average Bonchev–Trinajstić information content (AvgIpc) is 3.30. The zero-order valence-corrected chi connectivity index (χ0v) is 21.0. The molecule has 2 saturated heterocycles. The topological polar surface area (TPSA) is 188 Å². The lowest BCUT2D eigenvalue weighted by Gasteiger charge is -2.40. The number of hydrogen-bond donors (Lipinski definition) is 7. The Bertz CT molecular complexity index is 1080. The van der Waals surface area contributed by atoms with E-state index < -0.39 is 61.4 Å². The molecule has 4 rings (SSSR count). The van der Waals surface area contributed by atoms with Crippen LogP contribution < -0.4 is 9.47 Å². The summed E-state index contributed by atoms with van der Waals surface area (Å²) in [7, 11) is 2.83. The number of methoxy groups -OCH3 is 2. The van der Waals surface area contributed by atoms with Gasteiger partial charge in [0.15, 0.2) is 29.3 Å². The molecular formula is C26H34O12. The highest BCUT2D eigenvalue weighted by molar-refractivity contribution is 5.44. The fourth-order valence-electron chi connectivity index (χ4n) is 5.06. The molecule has 2 heterocycles. The van der Waals surface area contributed by atoms with Crippen molar-refractivity contribution >= 4 is 0 Å². The number of aliphatic hydroxyl groups excluding tert-OH is 5. The van der Waals surface area contributed by atoms with Gasteiger partial charge in [0.05, 0.1) is 39.6 Å². The number of hydrogen-bond acceptors (Lipinski definition) is 12. The van der Waals surface area contributed by atoms with Crippen molar-refractivity contribution in [2.24, 2.45) is 11.8 Å². The van der Waals surface area contributed by atoms with Crippen LogP contribution in [0.2, 0.25) is 0 Å². The predicted octanol–water partition coefficient (Wildman–Crippen LogP) is -0.0312. The second-order valence-corrected chi connectivity index (χ2v) is 9.38. The Morgan fingerprint density at radius 2 is 1.26 bits per heavy atom. The SMILES string of the molecule is COc1cc([C@H]2O[C@@H](c3ccc(O)c(OC)c3)[C@H](CO)[C@@H]2CO[C@@H]2O[C@H](CO)[C@@H](O)[C@H](O)[C@H]2O)ccc1O. The number of ether oxygens (including phenoxy) is 5. The average molecular weight is 539 g/mol. The Morgan fingerprint density at radius 3 is 1.76 bits per heavy atom. The largest absolute Gasteiger partial charge is 0.504 e. The third-order valence-corrected chi connectivity index (χ3v) is 7.20. The first-order chi connectivity index (χ1) is 18.2. The minimum absolute atomic E-state index is 0.0582. The zero-order valence-electron chi connectivity index (χ0n) is 21.0. The first kappa shape index (κ1) is 28.3. The van der Waals surface area contributed by atoms with Crippen LogP contribution in [-0.2, 0) is 14.2 Å². The molecule has 0 spiro atoms. The van der Waals surface area contributed by atoms with Crippen LogP contribution in [0.5, 0.6) is 23.0 Å². The van der Waals surface area contributed by atoms with Gasteiger partial charge >= 0.3 is 0 Å². The van der Waals surface area contributed by atoms with Crippen molar-refractivity contribution in [2.45, 2.75) is 42.9 Å². The standard InChI is InChI=1S/C26H34O12/c1-34-18-7-12(3-5-16(18)29)24-14(9-27)15(25(38-24)13-4-6-17(30)19(8-13)35-2)11-36-26-23(33)22(32)21(31)20(10-28)37-26/h3-8,14-15,20-33H,9-11H2,1-2H3/t14-,15+,20-,21-,22+,23-,24+,25-,26-/m1/s1. The molecule has 210 valence electrons. The molecule has 2 aliphatic rings. The van der Waals surface area contributed by atoms with Gasteiger partial charge in [-0.1, -0.05) is 12.1 Å². The quantitative estimate of drug-likeness (QED) is 0.226. The van der Waals surface area contributed by atoms with Gasteiger partial charge in [-0.2, -0.15) is 0 Å². The second-order valence-electron chi connectivity index (χ2n) is 9.38. The molecular weight excluding hydrogens is 504 g/mol. The number of phenols is 2. The van der Waals surface area contributed by atoms with Crippen LogP contribution in [-0.4, -0.2) is 100 Å². The zero-order chi connectivity index (χ0) is 27.6. The van der Waals surface area contributed by atoms with Crippen LogP contribution in [0.3, 0.4) is 0 Å². The normalized spacial score (nSPS) is 33.3. The smallest absolute Gasteiger partial charge is 0.186 e. The van der Waals surface area contributed by atoms with E-state index in [9.17, 15) is 35.7 Å². The summed E-state index contributed by atoms with van der Waals surface area (Å²) in [6.07, 6.45) is -8.57. The molecule has 7 N–H and O–H groups in total. The fraction of sp³-hybridized carbons (Fsp3) is 0.538. The molecule has 2 aliphatic heterocycles. The van der Waals surface area contributed by atoms with Crippen molar-refractivity contribution in [1.82, 2.24) is 0 Å². The Hall–Kier alpha value is -2.68. The summed E-state index contributed by atoms with van der Waals surface area (Å²) >= 11 is 0. The summed E-state index contributed by atoms with van der Waals surface area (Å²) in [6.45, 7) is -1.03. The van der Waals surface area contributed by atoms with Crippen LogP contribution in [0.25, 0.3) is 0 Å². The summed E-state index contributed by atoms with van der Waals surface area (Å²) in [5, 5.41) is 70.6. The van der Waals surface area contributed by atoms with Crippen LogP contribution in [0.15, 0.2) is 36.4 Å². The van der Waals surface area contributed by atoms with Crippen molar-refractivity contribution in [2.75, 3.05) is 34.0 Å². The summed E-state index contributed by atoms with van der Waals surface area (Å²) in [5.41, 5.74) is 1.25. The van der Waals surface area contributed by atoms with E-state index in [1.807, 2.05) is 0 Å². The molecule has 2 fully saturated rings. The molecule has 2 aromatic rings. The van der Waals surface area contributed by atoms with E-state index >= 15 is 0 Å². The molecule has 2 aromatic carbocycles. The minimum Gasteiger partial charge on any atom is -0.504 e. The van der Waals surface area contributed by atoms with E-state index in [0.717, 1.165) is 0 Å². The number of rotatable bonds is 9. The number of phenolic OH excluding ortho intramolecular Hbond substituents is 2. The molecule has 9 atom stereocenters. The third kappa shape index (κ3) is 5.40. The molecule has 0 saturated carbocycles. The highest BCUT2D eigenvalue weighted by Crippen LogP contribution is 2.51. The van der Waals surface area contributed by atoms with Gasteiger partial charge in [0, 0.05) is 18.4 Å². The van der Waals surface area contributed by atoms with Crippen LogP contribution in [0.4, 0.5) is 0 Å². The first-order valence-corrected chi connectivity index (χ1v) is 12.2. The molecule has 0 bridgehead atoms. The Labute approximate surface area is 219 Å². The Kier molecular flexibility index (Phi) is 8.96. The highest BCUT2D eigenvalue weighted by Gasteiger charge is 2.48. The second kappa shape index (κ2) is 12.0. The molecule has 38 heavy (non-hydrogen) atoms. The van der Waals surface area contributed by atoms with Crippen LogP contribution in [0.1, 0.15) is 23.3 Å². The van der Waals surface area contributed by atoms with Crippen LogP contribution in [0, 0.1) is 11.8 Å². The fourth-order valence-corrected chi connectivity index (χ4v) is 5.06. The molecule has 0 unspecified atom stereocenters.